The van der Waals surface area contributed by atoms with Crippen molar-refractivity contribution >= 4 is 29.1 Å². The molecular formula is C20H24ClN3O3. The largest absolute Gasteiger partial charge is 0.495 e. The lowest BCUT2D eigenvalue weighted by Gasteiger charge is -2.41. The van der Waals surface area contributed by atoms with Crippen LogP contribution in [0.4, 0.5) is 16.2 Å². The minimum Gasteiger partial charge on any atom is -0.495 e. The molecule has 6 nitrogen and oxygen atoms in total. The Morgan fingerprint density at radius 3 is 2.41 bits per heavy atom. The molecule has 1 fully saturated rings. The van der Waals surface area contributed by atoms with Crippen molar-refractivity contribution in [1.29, 1.82) is 0 Å². The van der Waals surface area contributed by atoms with Crippen LogP contribution < -0.4 is 14.6 Å². The van der Waals surface area contributed by atoms with Crippen LogP contribution in [0.2, 0.25) is 5.02 Å². The molecule has 1 saturated heterocycles. The van der Waals surface area contributed by atoms with E-state index < -0.39 is 6.09 Å². The second-order valence-electron chi connectivity index (χ2n) is 6.07. The smallest absolute Gasteiger partial charge is 0.429 e. The maximum atomic E-state index is 12.7. The summed E-state index contributed by atoms with van der Waals surface area (Å²) >= 11 is 6.33. The number of hydrazine groups is 1. The van der Waals surface area contributed by atoms with E-state index in [4.69, 9.17) is 21.1 Å². The van der Waals surface area contributed by atoms with Gasteiger partial charge in [-0.15, -0.1) is 0 Å². The van der Waals surface area contributed by atoms with Crippen molar-refractivity contribution in [3.8, 4) is 5.75 Å². The second-order valence-corrected chi connectivity index (χ2v) is 6.48. The first-order valence-electron chi connectivity index (χ1n) is 9.00. The number of para-hydroxylation sites is 3. The number of carbonyl (C=O) groups is 1. The molecule has 27 heavy (non-hydrogen) atoms. The van der Waals surface area contributed by atoms with E-state index in [1.54, 1.807) is 19.0 Å². The minimum absolute atomic E-state index is 0.310. The lowest BCUT2D eigenvalue weighted by Crippen LogP contribution is -2.56. The molecule has 0 N–H and O–H groups in total. The summed E-state index contributed by atoms with van der Waals surface area (Å²) in [4.78, 5) is 14.9. The van der Waals surface area contributed by atoms with Crippen LogP contribution in [0.15, 0.2) is 48.5 Å². The van der Waals surface area contributed by atoms with E-state index in [-0.39, 0.29) is 0 Å². The van der Waals surface area contributed by atoms with Gasteiger partial charge in [-0.25, -0.2) is 14.8 Å². The van der Waals surface area contributed by atoms with E-state index in [0.29, 0.717) is 31.1 Å². The summed E-state index contributed by atoms with van der Waals surface area (Å²) in [6, 6.07) is 15.3. The molecule has 1 aliphatic heterocycles. The summed E-state index contributed by atoms with van der Waals surface area (Å²) in [5.74, 6) is 0.624. The number of carbonyl (C=O) groups excluding carboxylic acids is 1. The Labute approximate surface area is 164 Å². The number of anilines is 2. The Morgan fingerprint density at radius 2 is 1.74 bits per heavy atom. The van der Waals surface area contributed by atoms with Crippen molar-refractivity contribution in [1.82, 2.24) is 5.01 Å². The van der Waals surface area contributed by atoms with Crippen LogP contribution in [0.25, 0.3) is 0 Å². The van der Waals surface area contributed by atoms with Crippen molar-refractivity contribution in [3.63, 3.8) is 0 Å². The molecule has 1 amide bonds. The zero-order valence-corrected chi connectivity index (χ0v) is 16.4. The third kappa shape index (κ3) is 4.28. The van der Waals surface area contributed by atoms with Crippen LogP contribution in [0.1, 0.15) is 6.92 Å². The van der Waals surface area contributed by atoms with Gasteiger partial charge in [-0.3, -0.25) is 0 Å². The molecule has 0 aromatic heterocycles. The number of rotatable bonds is 5. The van der Waals surface area contributed by atoms with Crippen LogP contribution in [0.5, 0.6) is 5.75 Å². The average Bonchev–Trinajstić information content (AvgIpc) is 2.70. The van der Waals surface area contributed by atoms with E-state index >= 15 is 0 Å². The highest BCUT2D eigenvalue weighted by molar-refractivity contribution is 6.33. The number of piperazine rings is 1. The molecule has 7 heteroatoms. The number of hydrogen-bond acceptors (Lipinski definition) is 5. The molecule has 1 heterocycles. The second kappa shape index (κ2) is 8.97. The van der Waals surface area contributed by atoms with Gasteiger partial charge in [0, 0.05) is 26.2 Å². The Hall–Kier alpha value is -2.44. The number of ether oxygens (including phenoxy) is 2. The summed E-state index contributed by atoms with van der Waals surface area (Å²) in [5, 5.41) is 4.30. The molecule has 0 bridgehead atoms. The van der Waals surface area contributed by atoms with E-state index in [1.807, 2.05) is 53.5 Å². The topological polar surface area (TPSA) is 45.2 Å². The Kier molecular flexibility index (Phi) is 6.42. The standard InChI is InChI=1S/C20H24ClN3O3/c1-3-27-20(25)24(18-10-6-7-11-19(18)26-2)23-14-12-22(13-15-23)17-9-5-4-8-16(17)21/h4-11H,3,12-15H2,1-2H3. The fourth-order valence-corrected chi connectivity index (χ4v) is 3.46. The van der Waals surface area contributed by atoms with E-state index in [1.165, 1.54) is 0 Å². The first-order chi connectivity index (χ1) is 13.2. The van der Waals surface area contributed by atoms with Crippen molar-refractivity contribution < 1.29 is 14.3 Å². The highest BCUT2D eigenvalue weighted by atomic mass is 35.5. The van der Waals surface area contributed by atoms with Gasteiger partial charge in [-0.2, -0.15) is 0 Å². The maximum absolute atomic E-state index is 12.7. The number of benzene rings is 2. The number of hydrogen-bond donors (Lipinski definition) is 0. The van der Waals surface area contributed by atoms with E-state index in [2.05, 4.69) is 4.90 Å². The van der Waals surface area contributed by atoms with Gasteiger partial charge in [-0.05, 0) is 31.2 Å². The van der Waals surface area contributed by atoms with Crippen LogP contribution >= 0.6 is 11.6 Å². The third-order valence-electron chi connectivity index (χ3n) is 4.49. The van der Waals surface area contributed by atoms with Crippen molar-refractivity contribution in [2.75, 3.05) is 49.8 Å². The Morgan fingerprint density at radius 1 is 1.07 bits per heavy atom. The molecule has 0 aliphatic carbocycles. The summed E-state index contributed by atoms with van der Waals surface area (Å²) < 4.78 is 10.7. The minimum atomic E-state index is -0.409. The molecule has 3 rings (SSSR count). The van der Waals surface area contributed by atoms with Crippen molar-refractivity contribution in [2.45, 2.75) is 6.92 Å². The van der Waals surface area contributed by atoms with Gasteiger partial charge in [0.1, 0.15) is 11.4 Å². The SMILES string of the molecule is CCOC(=O)N(c1ccccc1OC)N1CCN(c2ccccc2Cl)CC1. The molecular weight excluding hydrogens is 366 g/mol. The lowest BCUT2D eigenvalue weighted by atomic mass is 10.2. The van der Waals surface area contributed by atoms with Crippen molar-refractivity contribution in [2.24, 2.45) is 0 Å². The highest BCUT2D eigenvalue weighted by Crippen LogP contribution is 2.31. The molecule has 2 aromatic rings. The zero-order valence-electron chi connectivity index (χ0n) is 15.6. The van der Waals surface area contributed by atoms with E-state index in [0.717, 1.165) is 23.8 Å². The van der Waals surface area contributed by atoms with Crippen LogP contribution in [0.3, 0.4) is 0 Å². The fourth-order valence-electron chi connectivity index (χ4n) is 3.20. The van der Waals surface area contributed by atoms with Gasteiger partial charge in [0.15, 0.2) is 0 Å². The summed E-state index contributed by atoms with van der Waals surface area (Å²) in [6.45, 7) is 4.91. The van der Waals surface area contributed by atoms with E-state index in [9.17, 15) is 4.79 Å². The van der Waals surface area contributed by atoms with Gasteiger partial charge in [0.25, 0.3) is 0 Å². The highest BCUT2D eigenvalue weighted by Gasteiger charge is 2.30. The molecule has 1 aliphatic rings. The summed E-state index contributed by atoms with van der Waals surface area (Å²) in [6.07, 6.45) is -0.409. The zero-order chi connectivity index (χ0) is 19.2. The molecule has 0 spiro atoms. The number of nitrogens with zero attached hydrogens (tertiary/aromatic N) is 3. The third-order valence-corrected chi connectivity index (χ3v) is 4.81. The van der Waals surface area contributed by atoms with Gasteiger partial charge in [0.05, 0.1) is 24.4 Å². The maximum Gasteiger partial charge on any atom is 0.429 e. The normalized spacial score (nSPS) is 14.7. The molecule has 2 aromatic carbocycles. The fraction of sp³-hybridized carbons (Fsp3) is 0.350. The number of methoxy groups -OCH3 is 1. The quantitative estimate of drug-likeness (QED) is 0.772. The molecule has 0 atom stereocenters. The predicted molar refractivity (Wildman–Crippen MR) is 108 cm³/mol. The molecule has 144 valence electrons. The monoisotopic (exact) mass is 389 g/mol. The predicted octanol–water partition coefficient (Wildman–Crippen LogP) is 4.05. The van der Waals surface area contributed by atoms with Gasteiger partial charge in [-0.1, -0.05) is 35.9 Å². The lowest BCUT2D eigenvalue weighted by molar-refractivity contribution is 0.130. The summed E-state index contributed by atoms with van der Waals surface area (Å²) in [5.41, 5.74) is 1.68. The molecule has 0 unspecified atom stereocenters. The number of amides is 1. The van der Waals surface area contributed by atoms with Crippen LogP contribution in [-0.2, 0) is 4.74 Å². The molecule has 0 radical (unpaired) electrons. The Bertz CT molecular complexity index is 779. The first kappa shape index (κ1) is 19.3. The van der Waals surface area contributed by atoms with Gasteiger partial charge >= 0.3 is 6.09 Å². The van der Waals surface area contributed by atoms with Crippen LogP contribution in [0, 0.1) is 0 Å². The van der Waals surface area contributed by atoms with Crippen molar-refractivity contribution in [3.05, 3.63) is 53.6 Å². The van der Waals surface area contributed by atoms with Crippen LogP contribution in [-0.4, -0.2) is 51.0 Å². The Balaban J connectivity index is 1.81. The number of halogens is 1. The van der Waals surface area contributed by atoms with Gasteiger partial charge < -0.3 is 14.4 Å². The summed E-state index contributed by atoms with van der Waals surface area (Å²) in [7, 11) is 1.59. The van der Waals surface area contributed by atoms with Gasteiger partial charge in [0.2, 0.25) is 0 Å². The first-order valence-corrected chi connectivity index (χ1v) is 9.37. The average molecular weight is 390 g/mol. The molecule has 0 saturated carbocycles.